The summed E-state index contributed by atoms with van der Waals surface area (Å²) < 4.78 is 44.3. The number of hydrogen-bond donors (Lipinski definition) is 1. The summed E-state index contributed by atoms with van der Waals surface area (Å²) in [7, 11) is 0. The van der Waals surface area contributed by atoms with Crippen molar-refractivity contribution in [2.45, 2.75) is 13.1 Å². The number of rotatable bonds is 3. The summed E-state index contributed by atoms with van der Waals surface area (Å²) in [4.78, 5) is 25.0. The molecular weight excluding hydrogens is 397 g/mol. The van der Waals surface area contributed by atoms with Crippen molar-refractivity contribution in [1.82, 2.24) is 5.43 Å². The van der Waals surface area contributed by atoms with Crippen molar-refractivity contribution in [3.8, 4) is 11.3 Å². The van der Waals surface area contributed by atoms with E-state index in [1.807, 2.05) is 13.0 Å². The average molecular weight is 412 g/mol. The molecule has 1 saturated heterocycles. The van der Waals surface area contributed by atoms with Gasteiger partial charge in [0.25, 0.3) is 11.8 Å². The summed E-state index contributed by atoms with van der Waals surface area (Å²) in [5, 5.41) is 1.14. The molecule has 1 fully saturated rings. The number of hydrogen-bond acceptors (Lipinski definition) is 3. The first-order valence-corrected chi connectivity index (χ1v) is 8.94. The number of amides is 2. The van der Waals surface area contributed by atoms with Crippen molar-refractivity contribution in [2.24, 2.45) is 0 Å². The lowest BCUT2D eigenvalue weighted by molar-refractivity contribution is -0.137. The van der Waals surface area contributed by atoms with Crippen LogP contribution in [0.5, 0.6) is 0 Å². The van der Waals surface area contributed by atoms with Crippen LogP contribution in [0.1, 0.15) is 16.9 Å². The van der Waals surface area contributed by atoms with Crippen molar-refractivity contribution in [3.05, 3.63) is 83.1 Å². The van der Waals surface area contributed by atoms with Crippen LogP contribution < -0.4 is 10.4 Å². The van der Waals surface area contributed by atoms with Gasteiger partial charge in [-0.25, -0.2) is 5.01 Å². The molecule has 1 N–H and O–H groups in total. The molecule has 152 valence electrons. The SMILES string of the molecule is Cc1cccc(N2NC(=O)C(=Cc3ccc(-c4cccc(C(F)(F)F)c4)o3)C2=O)c1. The first-order valence-electron chi connectivity index (χ1n) is 8.94. The van der Waals surface area contributed by atoms with E-state index in [2.05, 4.69) is 5.43 Å². The number of hydrazine groups is 1. The number of alkyl halides is 3. The van der Waals surface area contributed by atoms with Gasteiger partial charge in [0.05, 0.1) is 11.3 Å². The second kappa shape index (κ2) is 7.22. The normalized spacial score (nSPS) is 15.7. The molecule has 3 aromatic rings. The maximum atomic E-state index is 12.9. The fourth-order valence-corrected chi connectivity index (χ4v) is 3.08. The maximum Gasteiger partial charge on any atom is 0.416 e. The van der Waals surface area contributed by atoms with Gasteiger partial charge in [-0.2, -0.15) is 13.2 Å². The monoisotopic (exact) mass is 412 g/mol. The number of halogens is 3. The second-order valence-electron chi connectivity index (χ2n) is 6.76. The highest BCUT2D eigenvalue weighted by atomic mass is 19.4. The largest absolute Gasteiger partial charge is 0.457 e. The zero-order valence-electron chi connectivity index (χ0n) is 15.7. The van der Waals surface area contributed by atoms with Crippen molar-refractivity contribution in [3.63, 3.8) is 0 Å². The third kappa shape index (κ3) is 3.71. The molecule has 4 rings (SSSR count). The minimum absolute atomic E-state index is 0.138. The van der Waals surface area contributed by atoms with Crippen LogP contribution in [0.2, 0.25) is 0 Å². The smallest absolute Gasteiger partial charge is 0.416 e. The number of nitrogens with one attached hydrogen (secondary N) is 1. The van der Waals surface area contributed by atoms with Gasteiger partial charge in [-0.15, -0.1) is 0 Å². The first kappa shape index (κ1) is 19.5. The first-order chi connectivity index (χ1) is 14.2. The Bertz CT molecular complexity index is 1180. The van der Waals surface area contributed by atoms with Crippen molar-refractivity contribution in [1.29, 1.82) is 0 Å². The molecule has 2 heterocycles. The molecule has 1 aliphatic heterocycles. The molecule has 0 saturated carbocycles. The number of anilines is 1. The van der Waals surface area contributed by atoms with Gasteiger partial charge in [0.2, 0.25) is 0 Å². The zero-order valence-corrected chi connectivity index (χ0v) is 15.7. The van der Waals surface area contributed by atoms with Gasteiger partial charge < -0.3 is 4.42 Å². The van der Waals surface area contributed by atoms with Gasteiger partial charge in [0.15, 0.2) is 0 Å². The van der Waals surface area contributed by atoms with E-state index in [9.17, 15) is 22.8 Å². The molecular formula is C22H15F3N2O3. The van der Waals surface area contributed by atoms with E-state index < -0.39 is 23.6 Å². The lowest BCUT2D eigenvalue weighted by Crippen LogP contribution is -2.35. The van der Waals surface area contributed by atoms with Crippen molar-refractivity contribution in [2.75, 3.05) is 5.01 Å². The van der Waals surface area contributed by atoms with Crippen LogP contribution in [0.3, 0.4) is 0 Å². The molecule has 0 bridgehead atoms. The fraction of sp³-hybridized carbons (Fsp3) is 0.0909. The van der Waals surface area contributed by atoms with Crippen molar-refractivity contribution >= 4 is 23.6 Å². The summed E-state index contributed by atoms with van der Waals surface area (Å²) in [6.07, 6.45) is -3.20. The van der Waals surface area contributed by atoms with Crippen LogP contribution in [0, 0.1) is 6.92 Å². The van der Waals surface area contributed by atoms with Gasteiger partial charge in [0, 0.05) is 5.56 Å². The molecule has 2 aromatic carbocycles. The summed E-state index contributed by atoms with van der Waals surface area (Å²) in [6, 6.07) is 14.7. The molecule has 2 amide bonds. The molecule has 1 aliphatic rings. The zero-order chi connectivity index (χ0) is 21.5. The Morgan fingerprint density at radius 2 is 1.77 bits per heavy atom. The van der Waals surface area contributed by atoms with Gasteiger partial charge in [-0.1, -0.05) is 24.3 Å². The summed E-state index contributed by atoms with van der Waals surface area (Å²) in [6.45, 7) is 1.86. The Labute approximate surface area is 169 Å². The predicted octanol–water partition coefficient (Wildman–Crippen LogP) is 4.74. The van der Waals surface area contributed by atoms with Crippen LogP contribution in [0.4, 0.5) is 18.9 Å². The topological polar surface area (TPSA) is 62.6 Å². The lowest BCUT2D eigenvalue weighted by Gasteiger charge is -2.14. The van der Waals surface area contributed by atoms with Gasteiger partial charge in [-0.05, 0) is 55.0 Å². The molecule has 30 heavy (non-hydrogen) atoms. The highest BCUT2D eigenvalue weighted by molar-refractivity contribution is 6.31. The second-order valence-corrected chi connectivity index (χ2v) is 6.76. The molecule has 0 atom stereocenters. The molecule has 0 spiro atoms. The number of benzene rings is 2. The Morgan fingerprint density at radius 3 is 2.50 bits per heavy atom. The average Bonchev–Trinajstić information content (AvgIpc) is 3.28. The number of carbonyl (C=O) groups excluding carboxylic acids is 2. The minimum Gasteiger partial charge on any atom is -0.457 e. The van der Waals surface area contributed by atoms with Crippen LogP contribution in [0.25, 0.3) is 17.4 Å². The summed E-state index contributed by atoms with van der Waals surface area (Å²) in [5.41, 5.74) is 3.23. The van der Waals surface area contributed by atoms with E-state index in [1.165, 1.54) is 30.3 Å². The maximum absolute atomic E-state index is 12.9. The Hall–Kier alpha value is -3.81. The fourth-order valence-electron chi connectivity index (χ4n) is 3.08. The van der Waals surface area contributed by atoms with Crippen LogP contribution >= 0.6 is 0 Å². The van der Waals surface area contributed by atoms with E-state index in [-0.39, 0.29) is 22.7 Å². The van der Waals surface area contributed by atoms with Crippen LogP contribution in [0.15, 0.2) is 70.7 Å². The molecule has 5 nitrogen and oxygen atoms in total. The van der Waals surface area contributed by atoms with Crippen LogP contribution in [-0.4, -0.2) is 11.8 Å². The highest BCUT2D eigenvalue weighted by Gasteiger charge is 2.35. The number of furan rings is 1. The van der Waals surface area contributed by atoms with Gasteiger partial charge >= 0.3 is 6.18 Å². The Kier molecular flexibility index (Phi) is 4.69. The van der Waals surface area contributed by atoms with Gasteiger partial charge in [0.1, 0.15) is 17.1 Å². The molecule has 0 radical (unpaired) electrons. The van der Waals surface area contributed by atoms with E-state index >= 15 is 0 Å². The minimum atomic E-state index is -4.47. The summed E-state index contributed by atoms with van der Waals surface area (Å²) in [5.74, 6) is -0.789. The van der Waals surface area contributed by atoms with E-state index in [0.717, 1.165) is 22.7 Å². The third-order valence-corrected chi connectivity index (χ3v) is 4.54. The van der Waals surface area contributed by atoms with E-state index in [0.29, 0.717) is 5.69 Å². The van der Waals surface area contributed by atoms with Gasteiger partial charge in [-0.3, -0.25) is 15.0 Å². The third-order valence-electron chi connectivity index (χ3n) is 4.54. The van der Waals surface area contributed by atoms with E-state index in [4.69, 9.17) is 4.42 Å². The summed E-state index contributed by atoms with van der Waals surface area (Å²) >= 11 is 0. The molecule has 8 heteroatoms. The number of aryl methyl sites for hydroxylation is 1. The molecule has 0 unspecified atom stereocenters. The van der Waals surface area contributed by atoms with Crippen molar-refractivity contribution < 1.29 is 27.2 Å². The lowest BCUT2D eigenvalue weighted by atomic mass is 10.1. The van der Waals surface area contributed by atoms with Crippen LogP contribution in [-0.2, 0) is 15.8 Å². The highest BCUT2D eigenvalue weighted by Crippen LogP contribution is 2.33. The number of carbonyl (C=O) groups is 2. The quantitative estimate of drug-likeness (QED) is 0.500. The molecule has 1 aromatic heterocycles. The molecule has 0 aliphatic carbocycles. The predicted molar refractivity (Wildman–Crippen MR) is 104 cm³/mol. The Morgan fingerprint density at radius 1 is 1.00 bits per heavy atom. The standard InChI is InChI=1S/C22H15F3N2O3/c1-13-4-2-7-16(10-13)27-21(29)18(20(28)26-27)12-17-8-9-19(30-17)14-5-3-6-15(11-14)22(23,24)25/h2-12H,1H3,(H,26,28). The van der Waals surface area contributed by atoms with E-state index in [1.54, 1.807) is 18.2 Å². The Balaban J connectivity index is 1.61. The number of nitrogens with zero attached hydrogens (tertiary/aromatic N) is 1.